The summed E-state index contributed by atoms with van der Waals surface area (Å²) in [5.41, 5.74) is 7.31. The molecule has 0 fully saturated rings. The number of rotatable bonds is 4. The first-order chi connectivity index (χ1) is 9.70. The molecule has 3 N–H and O–H groups in total. The van der Waals surface area contributed by atoms with Gasteiger partial charge in [-0.15, -0.1) is 0 Å². The molecular weight excluding hydrogens is 256 g/mol. The number of benzene rings is 2. The molecule has 2 rings (SSSR count). The molecule has 0 aliphatic carbocycles. The van der Waals surface area contributed by atoms with E-state index in [1.165, 1.54) is 0 Å². The van der Waals surface area contributed by atoms with Gasteiger partial charge < -0.3 is 15.7 Å². The van der Waals surface area contributed by atoms with Gasteiger partial charge >= 0.3 is 5.97 Å². The summed E-state index contributed by atoms with van der Waals surface area (Å²) in [6.07, 6.45) is 0. The topological polar surface area (TPSA) is 84.9 Å². The van der Waals surface area contributed by atoms with E-state index in [-0.39, 0.29) is 12.4 Å². The maximum atomic E-state index is 11.8. The summed E-state index contributed by atoms with van der Waals surface area (Å²) in [5.74, 6) is -0.422. The molecule has 0 aliphatic heterocycles. The predicted octanol–water partition coefficient (Wildman–Crippen LogP) is 2.14. The Hall–Kier alpha value is -2.82. The minimum absolute atomic E-state index is 0.00537. The Balaban J connectivity index is 1.99. The number of hydrogen-bond donors (Lipinski definition) is 2. The summed E-state index contributed by atoms with van der Waals surface area (Å²) in [6, 6.07) is 15.8. The molecule has 0 saturated carbocycles. The van der Waals surface area contributed by atoms with Crippen LogP contribution in [-0.2, 0) is 11.3 Å². The average Bonchev–Trinajstić information content (AvgIpc) is 2.53. The van der Waals surface area contributed by atoms with Gasteiger partial charge in [0, 0.05) is 5.56 Å². The monoisotopic (exact) mass is 270 g/mol. The maximum absolute atomic E-state index is 11.8. The molecule has 0 saturated heterocycles. The number of carbonyl (C=O) groups is 1. The van der Waals surface area contributed by atoms with Gasteiger partial charge in [0.05, 0.1) is 5.56 Å². The van der Waals surface area contributed by atoms with Crippen molar-refractivity contribution >= 4 is 11.8 Å². The first-order valence-electron chi connectivity index (χ1n) is 5.99. The van der Waals surface area contributed by atoms with E-state index in [0.29, 0.717) is 11.1 Å². The molecule has 0 bridgehead atoms. The largest absolute Gasteiger partial charge is 0.457 e. The fraction of sp³-hybridized carbons (Fsp3) is 0.0667. The van der Waals surface area contributed by atoms with E-state index in [1.807, 2.05) is 30.3 Å². The van der Waals surface area contributed by atoms with E-state index in [2.05, 4.69) is 5.16 Å². The van der Waals surface area contributed by atoms with Crippen molar-refractivity contribution in [3.63, 3.8) is 0 Å². The van der Waals surface area contributed by atoms with Crippen molar-refractivity contribution in [3.05, 3.63) is 71.3 Å². The van der Waals surface area contributed by atoms with E-state index in [4.69, 9.17) is 15.7 Å². The average molecular weight is 270 g/mol. The standard InChI is InChI=1S/C15H14N2O3/c16-14(17-19)12-6-8-13(9-7-12)15(18)20-10-11-4-2-1-3-5-11/h1-9,19H,10H2,(H2,16,17). The number of nitrogens with zero attached hydrogens (tertiary/aromatic N) is 1. The molecule has 0 amide bonds. The van der Waals surface area contributed by atoms with Crippen molar-refractivity contribution in [3.8, 4) is 0 Å². The van der Waals surface area contributed by atoms with Crippen LogP contribution in [0.2, 0.25) is 0 Å². The van der Waals surface area contributed by atoms with Crippen LogP contribution in [0.3, 0.4) is 0 Å². The van der Waals surface area contributed by atoms with Crippen molar-refractivity contribution in [2.45, 2.75) is 6.61 Å². The maximum Gasteiger partial charge on any atom is 0.338 e. The molecule has 0 aromatic heterocycles. The zero-order chi connectivity index (χ0) is 14.4. The molecule has 2 aromatic carbocycles. The summed E-state index contributed by atoms with van der Waals surface area (Å²) < 4.78 is 5.19. The molecule has 0 unspecified atom stereocenters. The van der Waals surface area contributed by atoms with E-state index in [9.17, 15) is 4.79 Å². The van der Waals surface area contributed by atoms with Crippen LogP contribution in [0.25, 0.3) is 0 Å². The Kier molecular flexibility index (Phi) is 4.34. The second-order valence-corrected chi connectivity index (χ2v) is 4.12. The molecule has 102 valence electrons. The summed E-state index contributed by atoms with van der Waals surface area (Å²) in [6.45, 7) is 0.224. The molecule has 5 heteroatoms. The van der Waals surface area contributed by atoms with Gasteiger partial charge in [0.15, 0.2) is 5.84 Å². The summed E-state index contributed by atoms with van der Waals surface area (Å²) in [7, 11) is 0. The lowest BCUT2D eigenvalue weighted by Gasteiger charge is -2.05. The van der Waals surface area contributed by atoms with Gasteiger partial charge in [0.25, 0.3) is 0 Å². The highest BCUT2D eigenvalue weighted by Crippen LogP contribution is 2.08. The van der Waals surface area contributed by atoms with Crippen LogP contribution in [0.1, 0.15) is 21.5 Å². The van der Waals surface area contributed by atoms with Crippen LogP contribution in [-0.4, -0.2) is 17.0 Å². The number of esters is 1. The molecule has 0 atom stereocenters. The number of nitrogens with two attached hydrogens (primary N) is 1. The SMILES string of the molecule is N/C(=N/O)c1ccc(C(=O)OCc2ccccc2)cc1. The van der Waals surface area contributed by atoms with Gasteiger partial charge in [-0.3, -0.25) is 0 Å². The third-order valence-electron chi connectivity index (χ3n) is 2.74. The first-order valence-corrected chi connectivity index (χ1v) is 5.99. The van der Waals surface area contributed by atoms with Gasteiger partial charge in [-0.25, -0.2) is 4.79 Å². The van der Waals surface area contributed by atoms with Crippen LogP contribution in [0.4, 0.5) is 0 Å². The van der Waals surface area contributed by atoms with Crippen molar-refractivity contribution in [1.29, 1.82) is 0 Å². The van der Waals surface area contributed by atoms with Crippen LogP contribution >= 0.6 is 0 Å². The Morgan fingerprint density at radius 2 is 1.65 bits per heavy atom. The fourth-order valence-corrected chi connectivity index (χ4v) is 1.64. The second-order valence-electron chi connectivity index (χ2n) is 4.12. The summed E-state index contributed by atoms with van der Waals surface area (Å²) in [5, 5.41) is 11.4. The van der Waals surface area contributed by atoms with E-state index in [1.54, 1.807) is 24.3 Å². The smallest absolute Gasteiger partial charge is 0.338 e. The second kappa shape index (κ2) is 6.38. The zero-order valence-corrected chi connectivity index (χ0v) is 10.7. The van der Waals surface area contributed by atoms with Gasteiger partial charge in [-0.1, -0.05) is 47.6 Å². The molecule has 0 spiro atoms. The lowest BCUT2D eigenvalue weighted by molar-refractivity contribution is 0.0472. The Morgan fingerprint density at radius 1 is 1.05 bits per heavy atom. The molecule has 0 heterocycles. The van der Waals surface area contributed by atoms with Crippen molar-refractivity contribution in [1.82, 2.24) is 0 Å². The third kappa shape index (κ3) is 3.35. The van der Waals surface area contributed by atoms with Gasteiger partial charge in [-0.05, 0) is 17.7 Å². The summed E-state index contributed by atoms with van der Waals surface area (Å²) in [4.78, 5) is 11.8. The third-order valence-corrected chi connectivity index (χ3v) is 2.74. The van der Waals surface area contributed by atoms with E-state index < -0.39 is 5.97 Å². The highest BCUT2D eigenvalue weighted by molar-refractivity contribution is 5.98. The summed E-state index contributed by atoms with van der Waals surface area (Å²) >= 11 is 0. The van der Waals surface area contributed by atoms with Gasteiger partial charge in [-0.2, -0.15) is 0 Å². The Bertz CT molecular complexity index is 607. The molecular formula is C15H14N2O3. The predicted molar refractivity (Wildman–Crippen MR) is 74.5 cm³/mol. The molecule has 0 radical (unpaired) electrons. The van der Waals surface area contributed by atoms with Crippen molar-refractivity contribution < 1.29 is 14.7 Å². The minimum Gasteiger partial charge on any atom is -0.457 e. The van der Waals surface area contributed by atoms with Crippen molar-refractivity contribution in [2.24, 2.45) is 10.9 Å². The molecule has 5 nitrogen and oxygen atoms in total. The number of oxime groups is 1. The highest BCUT2D eigenvalue weighted by Gasteiger charge is 2.08. The van der Waals surface area contributed by atoms with E-state index >= 15 is 0 Å². The minimum atomic E-state index is -0.417. The van der Waals surface area contributed by atoms with Crippen LogP contribution in [0.5, 0.6) is 0 Å². The van der Waals surface area contributed by atoms with Crippen molar-refractivity contribution in [2.75, 3.05) is 0 Å². The highest BCUT2D eigenvalue weighted by atomic mass is 16.5. The number of hydrogen-bond acceptors (Lipinski definition) is 4. The lowest BCUT2D eigenvalue weighted by atomic mass is 10.1. The molecule has 0 aliphatic rings. The Labute approximate surface area is 116 Å². The quantitative estimate of drug-likeness (QED) is 0.293. The van der Waals surface area contributed by atoms with E-state index in [0.717, 1.165) is 5.56 Å². The number of amidine groups is 1. The Morgan fingerprint density at radius 3 is 2.25 bits per heavy atom. The lowest BCUT2D eigenvalue weighted by Crippen LogP contribution is -2.13. The molecule has 20 heavy (non-hydrogen) atoms. The molecule has 2 aromatic rings. The van der Waals surface area contributed by atoms with Crippen LogP contribution in [0, 0.1) is 0 Å². The number of carbonyl (C=O) groups excluding carboxylic acids is 1. The fourth-order valence-electron chi connectivity index (χ4n) is 1.64. The van der Waals surface area contributed by atoms with Crippen LogP contribution in [0.15, 0.2) is 59.8 Å². The van der Waals surface area contributed by atoms with Gasteiger partial charge in [0.1, 0.15) is 6.61 Å². The normalized spacial score (nSPS) is 11.1. The number of ether oxygens (including phenoxy) is 1. The van der Waals surface area contributed by atoms with Crippen LogP contribution < -0.4 is 5.73 Å². The first kappa shape index (κ1) is 13.6. The van der Waals surface area contributed by atoms with Gasteiger partial charge in [0.2, 0.25) is 0 Å². The zero-order valence-electron chi connectivity index (χ0n) is 10.7.